The Kier molecular flexibility index (Phi) is 7.21. The Morgan fingerprint density at radius 2 is 1.67 bits per heavy atom. The van der Waals surface area contributed by atoms with Crippen LogP contribution in [0.15, 0.2) is 48.8 Å². The number of hydrogen-bond acceptors (Lipinski definition) is 3. The van der Waals surface area contributed by atoms with Gasteiger partial charge in [-0.1, -0.05) is 32.9 Å². The first-order valence-corrected chi connectivity index (χ1v) is 10.7. The van der Waals surface area contributed by atoms with Crippen LogP contribution < -0.4 is 10.2 Å². The lowest BCUT2D eigenvalue weighted by Gasteiger charge is -2.32. The monoisotopic (exact) mass is 409 g/mol. The van der Waals surface area contributed by atoms with Gasteiger partial charge < -0.3 is 15.1 Å². The zero-order valence-corrected chi connectivity index (χ0v) is 18.3. The van der Waals surface area contributed by atoms with Crippen LogP contribution in [0.3, 0.4) is 0 Å². The molecule has 2 amide bonds. The van der Waals surface area contributed by atoms with E-state index in [1.165, 1.54) is 16.0 Å². The number of piperazine rings is 1. The fourth-order valence-electron chi connectivity index (χ4n) is 3.70. The number of aromatic nitrogens is 1. The molecule has 1 aromatic heterocycles. The van der Waals surface area contributed by atoms with Gasteiger partial charge in [0.05, 0.1) is 26.2 Å². The summed E-state index contributed by atoms with van der Waals surface area (Å²) in [5.74, 6) is -0.0174. The maximum absolute atomic E-state index is 12.5. The molecule has 1 saturated heterocycles. The fraction of sp³-hybridized carbons (Fsp3) is 0.458. The largest absolute Gasteiger partial charge is 0.352 e. The van der Waals surface area contributed by atoms with E-state index in [4.69, 9.17) is 0 Å². The van der Waals surface area contributed by atoms with Gasteiger partial charge in [-0.2, -0.15) is 0 Å². The maximum Gasteiger partial charge on any atom is 0.251 e. The highest BCUT2D eigenvalue weighted by Crippen LogP contribution is 2.22. The van der Waals surface area contributed by atoms with Gasteiger partial charge in [0, 0.05) is 36.5 Å². The van der Waals surface area contributed by atoms with E-state index in [1.807, 2.05) is 53.7 Å². The molecule has 30 heavy (non-hydrogen) atoms. The molecule has 1 fully saturated rings. The number of pyridine rings is 1. The van der Waals surface area contributed by atoms with E-state index in [0.29, 0.717) is 18.5 Å². The fourth-order valence-corrected chi connectivity index (χ4v) is 3.70. The number of rotatable bonds is 6. The molecule has 0 radical (unpaired) electrons. The van der Waals surface area contributed by atoms with Gasteiger partial charge in [-0.15, -0.1) is 0 Å². The number of amides is 2. The Morgan fingerprint density at radius 3 is 2.27 bits per heavy atom. The second-order valence-corrected chi connectivity index (χ2v) is 9.00. The van der Waals surface area contributed by atoms with Crippen molar-refractivity contribution in [2.45, 2.75) is 39.2 Å². The normalized spacial score (nSPS) is 15.1. The van der Waals surface area contributed by atoms with Gasteiger partial charge in [-0.25, -0.2) is 0 Å². The average molecular weight is 410 g/mol. The van der Waals surface area contributed by atoms with E-state index in [2.05, 4.69) is 31.1 Å². The quantitative estimate of drug-likeness (QED) is 0.759. The van der Waals surface area contributed by atoms with Crippen molar-refractivity contribution in [3.63, 3.8) is 0 Å². The van der Waals surface area contributed by atoms with Gasteiger partial charge in [0.1, 0.15) is 6.54 Å². The summed E-state index contributed by atoms with van der Waals surface area (Å²) in [7, 11) is 0. The molecule has 0 aliphatic carbocycles. The molecular formula is C24H33N4O2+. The first kappa shape index (κ1) is 22.0. The van der Waals surface area contributed by atoms with Crippen LogP contribution >= 0.6 is 0 Å². The molecule has 2 N–H and O–H groups in total. The van der Waals surface area contributed by atoms with Crippen molar-refractivity contribution in [2.75, 3.05) is 32.7 Å². The number of carbonyl (C=O) groups is 2. The Balaban J connectivity index is 1.38. The van der Waals surface area contributed by atoms with Crippen molar-refractivity contribution in [2.24, 2.45) is 0 Å². The van der Waals surface area contributed by atoms with Crippen LogP contribution in [-0.2, 0) is 16.8 Å². The van der Waals surface area contributed by atoms with Crippen molar-refractivity contribution >= 4 is 11.8 Å². The lowest BCUT2D eigenvalue weighted by atomic mass is 9.87. The highest BCUT2D eigenvalue weighted by atomic mass is 16.2. The zero-order chi connectivity index (χ0) is 21.6. The third-order valence-electron chi connectivity index (χ3n) is 5.66. The SMILES string of the molecule is CC(C)(C)c1ccc(C(=O)NCCC(=O)N2CC[NH+](Cc3ccncc3)CC2)cc1. The van der Waals surface area contributed by atoms with Crippen LogP contribution in [0.2, 0.25) is 0 Å². The number of hydrogen-bond donors (Lipinski definition) is 2. The lowest BCUT2D eigenvalue weighted by Crippen LogP contribution is -3.13. The number of carbonyl (C=O) groups excluding carboxylic acids is 2. The molecule has 0 unspecified atom stereocenters. The lowest BCUT2D eigenvalue weighted by molar-refractivity contribution is -0.917. The molecule has 0 spiro atoms. The second kappa shape index (κ2) is 9.85. The molecule has 2 heterocycles. The van der Waals surface area contributed by atoms with Crippen LogP contribution in [0, 0.1) is 0 Å². The van der Waals surface area contributed by atoms with Gasteiger partial charge in [0.15, 0.2) is 0 Å². The molecule has 0 atom stereocenters. The summed E-state index contributed by atoms with van der Waals surface area (Å²) in [4.78, 5) is 32.3. The number of nitrogens with one attached hydrogen (secondary N) is 2. The average Bonchev–Trinajstić information content (AvgIpc) is 2.74. The van der Waals surface area contributed by atoms with Crippen LogP contribution in [0.4, 0.5) is 0 Å². The standard InChI is InChI=1S/C24H32N4O2/c1-24(2,3)21-6-4-20(5-7-21)23(30)26-13-10-22(29)28-16-14-27(15-17-28)18-19-8-11-25-12-9-19/h4-9,11-12H,10,13-18H2,1-3H3,(H,26,30)/p+1. The van der Waals surface area contributed by atoms with Gasteiger partial charge >= 0.3 is 0 Å². The Labute approximate surface area is 179 Å². The van der Waals surface area contributed by atoms with E-state index < -0.39 is 0 Å². The van der Waals surface area contributed by atoms with Crippen molar-refractivity contribution < 1.29 is 14.5 Å². The van der Waals surface area contributed by atoms with Crippen LogP contribution in [0.5, 0.6) is 0 Å². The van der Waals surface area contributed by atoms with Gasteiger partial charge in [0.25, 0.3) is 5.91 Å². The molecule has 1 aliphatic rings. The van der Waals surface area contributed by atoms with E-state index >= 15 is 0 Å². The molecule has 2 aromatic rings. The topological polar surface area (TPSA) is 66.7 Å². The first-order valence-electron chi connectivity index (χ1n) is 10.7. The number of quaternary nitrogens is 1. The summed E-state index contributed by atoms with van der Waals surface area (Å²) in [5.41, 5.74) is 3.16. The number of benzene rings is 1. The van der Waals surface area contributed by atoms with E-state index in [9.17, 15) is 9.59 Å². The molecule has 6 nitrogen and oxygen atoms in total. The van der Waals surface area contributed by atoms with Crippen molar-refractivity contribution in [1.82, 2.24) is 15.2 Å². The minimum atomic E-state index is -0.130. The Hall–Kier alpha value is -2.73. The van der Waals surface area contributed by atoms with Crippen LogP contribution in [0.25, 0.3) is 0 Å². The van der Waals surface area contributed by atoms with Crippen molar-refractivity contribution in [1.29, 1.82) is 0 Å². The van der Waals surface area contributed by atoms with Gasteiger partial charge in [-0.05, 0) is 35.2 Å². The first-order chi connectivity index (χ1) is 14.3. The molecule has 6 heteroatoms. The summed E-state index contributed by atoms with van der Waals surface area (Å²) >= 11 is 0. The summed E-state index contributed by atoms with van der Waals surface area (Å²) in [6.45, 7) is 11.2. The number of nitrogens with zero attached hydrogens (tertiary/aromatic N) is 2. The van der Waals surface area contributed by atoms with Gasteiger partial charge in [-0.3, -0.25) is 14.6 Å². The smallest absolute Gasteiger partial charge is 0.251 e. The summed E-state index contributed by atoms with van der Waals surface area (Å²) < 4.78 is 0. The third kappa shape index (κ3) is 6.13. The minimum Gasteiger partial charge on any atom is -0.352 e. The minimum absolute atomic E-state index is 0.0610. The van der Waals surface area contributed by atoms with Crippen molar-refractivity contribution in [3.8, 4) is 0 Å². The second-order valence-electron chi connectivity index (χ2n) is 9.00. The molecule has 0 saturated carbocycles. The van der Waals surface area contributed by atoms with E-state index in [1.54, 1.807) is 0 Å². The molecule has 0 bridgehead atoms. The molecule has 1 aromatic carbocycles. The maximum atomic E-state index is 12.5. The van der Waals surface area contributed by atoms with E-state index in [0.717, 1.165) is 32.7 Å². The van der Waals surface area contributed by atoms with Gasteiger partial charge in [0.2, 0.25) is 5.91 Å². The summed E-state index contributed by atoms with van der Waals surface area (Å²) in [6.07, 6.45) is 3.98. The zero-order valence-electron chi connectivity index (χ0n) is 18.3. The molecule has 1 aliphatic heterocycles. The summed E-state index contributed by atoms with van der Waals surface area (Å²) in [5, 5.41) is 2.87. The highest BCUT2D eigenvalue weighted by molar-refractivity contribution is 5.94. The van der Waals surface area contributed by atoms with Crippen LogP contribution in [-0.4, -0.2) is 54.4 Å². The van der Waals surface area contributed by atoms with Crippen LogP contribution in [0.1, 0.15) is 48.7 Å². The Morgan fingerprint density at radius 1 is 1.03 bits per heavy atom. The highest BCUT2D eigenvalue weighted by Gasteiger charge is 2.23. The Bertz CT molecular complexity index is 836. The predicted octanol–water partition coefficient (Wildman–Crippen LogP) is 1.43. The summed E-state index contributed by atoms with van der Waals surface area (Å²) in [6, 6.07) is 11.8. The molecule has 3 rings (SSSR count). The molecular weight excluding hydrogens is 376 g/mol. The molecule has 160 valence electrons. The van der Waals surface area contributed by atoms with Crippen molar-refractivity contribution in [3.05, 3.63) is 65.5 Å². The van der Waals surface area contributed by atoms with E-state index in [-0.39, 0.29) is 17.2 Å². The predicted molar refractivity (Wildman–Crippen MR) is 117 cm³/mol. The third-order valence-corrected chi connectivity index (χ3v) is 5.66.